The molecule has 0 aliphatic rings. The van der Waals surface area contributed by atoms with Crippen LogP contribution in [0.1, 0.15) is 5.56 Å². The van der Waals surface area contributed by atoms with Gasteiger partial charge in [0.1, 0.15) is 5.84 Å². The van der Waals surface area contributed by atoms with Crippen LogP contribution in [0, 0.1) is 5.41 Å². The molecule has 0 unspecified atom stereocenters. The lowest BCUT2D eigenvalue weighted by Gasteiger charge is -2.06. The van der Waals surface area contributed by atoms with Crippen LogP contribution in [0.15, 0.2) is 47.6 Å². The quantitative estimate of drug-likeness (QED) is 0.619. The summed E-state index contributed by atoms with van der Waals surface area (Å²) in [5.74, 6) is -0.103. The number of amidine groups is 1. The highest BCUT2D eigenvalue weighted by atomic mass is 32.2. The number of sulfone groups is 1. The first-order chi connectivity index (χ1) is 8.99. The Bertz CT molecular complexity index is 660. The predicted molar refractivity (Wildman–Crippen MR) is 71.7 cm³/mol. The lowest BCUT2D eigenvalue weighted by Crippen LogP contribution is -2.14. The van der Waals surface area contributed by atoms with Crippen LogP contribution in [0.5, 0.6) is 0 Å². The lowest BCUT2D eigenvalue weighted by atomic mass is 10.2. The van der Waals surface area contributed by atoms with E-state index in [4.69, 9.17) is 11.1 Å². The molecule has 0 saturated heterocycles. The van der Waals surface area contributed by atoms with Crippen molar-refractivity contribution in [2.75, 3.05) is 5.75 Å². The number of aryl methyl sites for hydroxylation is 1. The molecule has 0 fully saturated rings. The van der Waals surface area contributed by atoms with Gasteiger partial charge in [0.25, 0.3) is 0 Å². The molecule has 3 N–H and O–H groups in total. The third-order valence-electron chi connectivity index (χ3n) is 2.67. The number of hydrogen-bond acceptors (Lipinski definition) is 4. The average Bonchev–Trinajstić information content (AvgIpc) is 2.90. The Morgan fingerprint density at radius 1 is 1.32 bits per heavy atom. The first-order valence-corrected chi connectivity index (χ1v) is 7.29. The zero-order valence-corrected chi connectivity index (χ0v) is 11.0. The lowest BCUT2D eigenvalue weighted by molar-refractivity contribution is 0.580. The Morgan fingerprint density at radius 3 is 2.53 bits per heavy atom. The van der Waals surface area contributed by atoms with Gasteiger partial charge in [-0.25, -0.2) is 8.42 Å². The topological polar surface area (TPSA) is 102 Å². The molecule has 1 heterocycles. The van der Waals surface area contributed by atoms with Crippen molar-refractivity contribution in [2.24, 2.45) is 5.73 Å². The van der Waals surface area contributed by atoms with E-state index in [1.165, 1.54) is 24.3 Å². The second kappa shape index (κ2) is 5.23. The summed E-state index contributed by atoms with van der Waals surface area (Å²) in [5.41, 5.74) is 5.82. The number of nitrogens with zero attached hydrogens (tertiary/aromatic N) is 2. The van der Waals surface area contributed by atoms with E-state index in [1.807, 2.05) is 0 Å². The van der Waals surface area contributed by atoms with Crippen molar-refractivity contribution in [1.29, 1.82) is 5.41 Å². The van der Waals surface area contributed by atoms with Gasteiger partial charge in [-0.1, -0.05) is 12.1 Å². The minimum atomic E-state index is -3.35. The highest BCUT2D eigenvalue weighted by Crippen LogP contribution is 2.12. The fraction of sp³-hybridized carbons (Fsp3) is 0.167. The number of nitrogen functional groups attached to an aromatic ring is 1. The number of rotatable bonds is 5. The zero-order valence-electron chi connectivity index (χ0n) is 10.2. The Labute approximate surface area is 111 Å². The molecule has 2 rings (SSSR count). The average molecular weight is 278 g/mol. The fourth-order valence-electron chi connectivity index (χ4n) is 1.61. The largest absolute Gasteiger partial charge is 0.384 e. The van der Waals surface area contributed by atoms with E-state index in [-0.39, 0.29) is 16.5 Å². The van der Waals surface area contributed by atoms with Crippen molar-refractivity contribution < 1.29 is 8.42 Å². The maximum Gasteiger partial charge on any atom is 0.180 e. The van der Waals surface area contributed by atoms with E-state index in [9.17, 15) is 8.42 Å². The van der Waals surface area contributed by atoms with Crippen molar-refractivity contribution in [2.45, 2.75) is 11.4 Å². The summed E-state index contributed by atoms with van der Waals surface area (Å²) in [5, 5.41) is 11.2. The Morgan fingerprint density at radius 2 is 2.00 bits per heavy atom. The van der Waals surface area contributed by atoms with Crippen molar-refractivity contribution >= 4 is 15.7 Å². The standard InChI is InChI=1S/C12H14N4O2S/c13-12(14)10-2-4-11(5-3-10)19(17,18)9-8-16-7-1-6-15-16/h1-7H,8-9H2,(H3,13,14). The van der Waals surface area contributed by atoms with Crippen LogP contribution < -0.4 is 5.73 Å². The van der Waals surface area contributed by atoms with Gasteiger partial charge in [-0.15, -0.1) is 0 Å². The minimum Gasteiger partial charge on any atom is -0.384 e. The van der Waals surface area contributed by atoms with Gasteiger partial charge in [0.05, 0.1) is 17.2 Å². The molecular weight excluding hydrogens is 264 g/mol. The first-order valence-electron chi connectivity index (χ1n) is 5.64. The van der Waals surface area contributed by atoms with Crippen LogP contribution in [0.3, 0.4) is 0 Å². The van der Waals surface area contributed by atoms with Gasteiger partial charge in [-0.05, 0) is 18.2 Å². The van der Waals surface area contributed by atoms with E-state index in [0.717, 1.165) is 0 Å². The molecule has 19 heavy (non-hydrogen) atoms. The van der Waals surface area contributed by atoms with Crippen LogP contribution in [-0.2, 0) is 16.4 Å². The van der Waals surface area contributed by atoms with Crippen molar-refractivity contribution in [1.82, 2.24) is 9.78 Å². The zero-order chi connectivity index (χ0) is 13.9. The molecule has 100 valence electrons. The van der Waals surface area contributed by atoms with E-state index >= 15 is 0 Å². The van der Waals surface area contributed by atoms with E-state index in [1.54, 1.807) is 23.1 Å². The second-order valence-corrected chi connectivity index (χ2v) is 6.14. The van der Waals surface area contributed by atoms with Gasteiger partial charge in [0.2, 0.25) is 0 Å². The smallest absolute Gasteiger partial charge is 0.180 e. The van der Waals surface area contributed by atoms with Gasteiger partial charge in [-0.3, -0.25) is 10.1 Å². The molecule has 0 aliphatic heterocycles. The molecule has 6 nitrogen and oxygen atoms in total. The summed E-state index contributed by atoms with van der Waals surface area (Å²) in [6.45, 7) is 0.309. The number of nitrogens with one attached hydrogen (secondary N) is 1. The van der Waals surface area contributed by atoms with Crippen molar-refractivity contribution in [3.63, 3.8) is 0 Å². The second-order valence-electron chi connectivity index (χ2n) is 4.03. The molecule has 0 spiro atoms. The van der Waals surface area contributed by atoms with E-state index in [0.29, 0.717) is 12.1 Å². The molecule has 0 aliphatic carbocycles. The summed E-state index contributed by atoms with van der Waals surface area (Å²) in [6.07, 6.45) is 3.32. The molecule has 1 aromatic heterocycles. The Balaban J connectivity index is 2.13. The van der Waals surface area contributed by atoms with Gasteiger partial charge in [0, 0.05) is 18.0 Å². The molecule has 0 saturated carbocycles. The maximum absolute atomic E-state index is 12.1. The molecule has 2 aromatic rings. The molecule has 0 atom stereocenters. The molecule has 0 radical (unpaired) electrons. The fourth-order valence-corrected chi connectivity index (χ4v) is 2.82. The van der Waals surface area contributed by atoms with Gasteiger partial charge < -0.3 is 5.73 Å². The van der Waals surface area contributed by atoms with E-state index < -0.39 is 9.84 Å². The van der Waals surface area contributed by atoms with Gasteiger partial charge >= 0.3 is 0 Å². The first kappa shape index (κ1) is 13.3. The number of aromatic nitrogens is 2. The number of benzene rings is 1. The number of nitrogens with two attached hydrogens (primary N) is 1. The van der Waals surface area contributed by atoms with Gasteiger partial charge in [-0.2, -0.15) is 5.10 Å². The Hall–Kier alpha value is -2.15. The number of hydrogen-bond donors (Lipinski definition) is 2. The molecule has 0 bridgehead atoms. The summed E-state index contributed by atoms with van der Waals surface area (Å²) in [6, 6.07) is 7.74. The van der Waals surface area contributed by atoms with Crippen molar-refractivity contribution in [3.8, 4) is 0 Å². The van der Waals surface area contributed by atoms with Gasteiger partial charge in [0.15, 0.2) is 9.84 Å². The molecule has 1 aromatic carbocycles. The molecule has 7 heteroatoms. The third kappa shape index (κ3) is 3.19. The molecular formula is C12H14N4O2S. The SMILES string of the molecule is N=C(N)c1ccc(S(=O)(=O)CCn2cccn2)cc1. The van der Waals surface area contributed by atoms with Crippen LogP contribution >= 0.6 is 0 Å². The van der Waals surface area contributed by atoms with Crippen LogP contribution in [-0.4, -0.2) is 29.8 Å². The third-order valence-corrected chi connectivity index (χ3v) is 4.38. The highest BCUT2D eigenvalue weighted by Gasteiger charge is 2.14. The van der Waals surface area contributed by atoms with E-state index in [2.05, 4.69) is 5.10 Å². The minimum absolute atomic E-state index is 0.0197. The van der Waals surface area contributed by atoms with Crippen LogP contribution in [0.4, 0.5) is 0 Å². The summed E-state index contributed by atoms with van der Waals surface area (Å²) >= 11 is 0. The summed E-state index contributed by atoms with van der Waals surface area (Å²) in [4.78, 5) is 0.227. The van der Waals surface area contributed by atoms with Crippen LogP contribution in [0.2, 0.25) is 0 Å². The molecule has 0 amide bonds. The predicted octanol–water partition coefficient (Wildman–Crippen LogP) is 0.641. The van der Waals surface area contributed by atoms with Crippen molar-refractivity contribution in [3.05, 3.63) is 48.3 Å². The summed E-state index contributed by atoms with van der Waals surface area (Å²) in [7, 11) is -3.35. The normalized spacial score (nSPS) is 11.4. The summed E-state index contributed by atoms with van der Waals surface area (Å²) < 4.78 is 25.7. The Kier molecular flexibility index (Phi) is 3.66. The monoisotopic (exact) mass is 278 g/mol. The highest BCUT2D eigenvalue weighted by molar-refractivity contribution is 7.91. The van der Waals surface area contributed by atoms with Crippen LogP contribution in [0.25, 0.3) is 0 Å². The maximum atomic E-state index is 12.1.